The molecule has 0 saturated heterocycles. The molecule has 0 unspecified atom stereocenters. The van der Waals surface area contributed by atoms with Crippen LogP contribution >= 0.6 is 15.2 Å². The lowest BCUT2D eigenvalue weighted by Crippen LogP contribution is -2.30. The van der Waals surface area contributed by atoms with Gasteiger partial charge in [-0.25, -0.2) is 0 Å². The summed E-state index contributed by atoms with van der Waals surface area (Å²) in [6.45, 7) is 2.41. The summed E-state index contributed by atoms with van der Waals surface area (Å²) >= 11 is 0. The molecule has 0 amide bonds. The van der Waals surface area contributed by atoms with Crippen molar-refractivity contribution in [2.45, 2.75) is 14.9 Å². The normalized spacial score (nSPS) is 10.4. The third-order valence-electron chi connectivity index (χ3n) is 6.86. The van der Waals surface area contributed by atoms with Gasteiger partial charge in [0.05, 0.1) is 6.66 Å². The zero-order chi connectivity index (χ0) is 26.8. The van der Waals surface area contributed by atoms with Crippen LogP contribution in [0.1, 0.15) is 14.9 Å². The summed E-state index contributed by atoms with van der Waals surface area (Å²) in [5.74, 6) is 0. The summed E-state index contributed by atoms with van der Waals surface area (Å²) in [4.78, 5) is 0. The minimum atomic E-state index is -1.53. The number of hydrogen-bond acceptors (Lipinski definition) is 0. The summed E-state index contributed by atoms with van der Waals surface area (Å²) in [5.41, 5.74) is 0. The van der Waals surface area contributed by atoms with Gasteiger partial charge < -0.3 is 0 Å². The molecule has 0 fully saturated rings. The molecule has 0 N–H and O–H groups in total. The van der Waals surface area contributed by atoms with E-state index in [9.17, 15) is 0 Å². The van der Waals surface area contributed by atoms with Crippen molar-refractivity contribution in [2.75, 3.05) is 6.66 Å². The first kappa shape index (κ1) is 31.7. The van der Waals surface area contributed by atoms with E-state index in [1.54, 1.807) is 0 Å². The second-order valence-corrected chi connectivity index (χ2v) is 15.1. The minimum absolute atomic E-state index is 0. The first-order valence-corrected chi connectivity index (χ1v) is 16.8. The lowest BCUT2D eigenvalue weighted by Gasteiger charge is -2.22. The molecule has 0 atom stereocenters. The van der Waals surface area contributed by atoms with Gasteiger partial charge >= 0.3 is 0 Å². The highest BCUT2D eigenvalue weighted by molar-refractivity contribution is 7.95. The first-order chi connectivity index (χ1) is 19.3. The molecule has 6 aromatic carbocycles. The van der Waals surface area contributed by atoms with Crippen LogP contribution in [0.25, 0.3) is 0 Å². The molecule has 0 nitrogen and oxygen atoms in total. The molecule has 0 bridgehead atoms. The monoisotopic (exact) mass is 571 g/mol. The molecular formula is C39H41P2+. The van der Waals surface area contributed by atoms with Crippen LogP contribution in [0.5, 0.6) is 0 Å². The Morgan fingerprint density at radius 3 is 0.732 bits per heavy atom. The average molecular weight is 572 g/mol. The molecule has 0 spiro atoms. The van der Waals surface area contributed by atoms with Gasteiger partial charge in [0.15, 0.2) is 0 Å². The fraction of sp³-hybridized carbons (Fsp3) is 0.0769. The van der Waals surface area contributed by atoms with E-state index in [-0.39, 0.29) is 14.9 Å². The molecule has 206 valence electrons. The number of benzene rings is 6. The topological polar surface area (TPSA) is 0 Å². The van der Waals surface area contributed by atoms with Gasteiger partial charge in [-0.1, -0.05) is 160 Å². The van der Waals surface area contributed by atoms with E-state index in [1.165, 1.54) is 31.8 Å². The lowest BCUT2D eigenvalue weighted by molar-refractivity contribution is 1.72. The van der Waals surface area contributed by atoms with Crippen molar-refractivity contribution < 1.29 is 0 Å². The summed E-state index contributed by atoms with van der Waals surface area (Å²) in [5, 5.41) is 8.48. The maximum Gasteiger partial charge on any atom is 0.109 e. The minimum Gasteiger partial charge on any atom is -0.0776 e. The molecule has 0 heterocycles. The van der Waals surface area contributed by atoms with Gasteiger partial charge in [0.25, 0.3) is 0 Å². The van der Waals surface area contributed by atoms with Gasteiger partial charge in [-0.15, -0.1) is 0 Å². The van der Waals surface area contributed by atoms with E-state index in [0.717, 1.165) is 0 Å². The van der Waals surface area contributed by atoms with Crippen LogP contribution in [-0.4, -0.2) is 6.66 Å². The Morgan fingerprint density at radius 2 is 0.512 bits per heavy atom. The maximum atomic E-state index is 2.41. The van der Waals surface area contributed by atoms with Crippen LogP contribution in [0, 0.1) is 0 Å². The molecule has 0 aliphatic carbocycles. The number of hydrogen-bond donors (Lipinski definition) is 0. The number of rotatable bonds is 6. The Morgan fingerprint density at radius 1 is 0.317 bits per heavy atom. The largest absolute Gasteiger partial charge is 0.109 e. The fourth-order valence-electron chi connectivity index (χ4n) is 4.80. The maximum absolute atomic E-state index is 2.41. The van der Waals surface area contributed by atoms with E-state index in [1.807, 2.05) is 0 Å². The van der Waals surface area contributed by atoms with Gasteiger partial charge in [-0.05, 0) is 60.2 Å². The van der Waals surface area contributed by atoms with Crippen molar-refractivity contribution in [3.63, 3.8) is 0 Å². The third-order valence-corrected chi connectivity index (χ3v) is 13.3. The Bertz CT molecular complexity index is 1330. The quantitative estimate of drug-likeness (QED) is 0.176. The second kappa shape index (κ2) is 15.8. The summed E-state index contributed by atoms with van der Waals surface area (Å²) in [6, 6.07) is 65.0. The predicted octanol–water partition coefficient (Wildman–Crippen LogP) is 8.33. The molecular weight excluding hydrogens is 530 g/mol. The van der Waals surface area contributed by atoms with Crippen molar-refractivity contribution in [3.05, 3.63) is 182 Å². The van der Waals surface area contributed by atoms with Gasteiger partial charge in [0.2, 0.25) is 0 Å². The Balaban J connectivity index is 0.000000215. The SMILES string of the molecule is C.C.C[P+](c1ccccc1)(c1ccccc1)c1ccccc1.c1ccc(P(c2ccccc2)c2ccccc2)cc1. The van der Waals surface area contributed by atoms with Crippen LogP contribution in [0.4, 0.5) is 0 Å². The van der Waals surface area contributed by atoms with Crippen molar-refractivity contribution >= 4 is 47.0 Å². The average Bonchev–Trinajstić information content (AvgIpc) is 3.04. The molecule has 41 heavy (non-hydrogen) atoms. The van der Waals surface area contributed by atoms with E-state index < -0.39 is 15.2 Å². The van der Waals surface area contributed by atoms with Crippen LogP contribution in [-0.2, 0) is 0 Å². The van der Waals surface area contributed by atoms with Crippen molar-refractivity contribution in [3.8, 4) is 0 Å². The highest BCUT2D eigenvalue weighted by Gasteiger charge is 2.39. The molecule has 6 aromatic rings. The highest BCUT2D eigenvalue weighted by Crippen LogP contribution is 2.51. The van der Waals surface area contributed by atoms with Crippen LogP contribution in [0.2, 0.25) is 0 Å². The van der Waals surface area contributed by atoms with Crippen LogP contribution in [0.3, 0.4) is 0 Å². The zero-order valence-corrected chi connectivity index (χ0v) is 24.0. The molecule has 0 aliphatic heterocycles. The highest BCUT2D eigenvalue weighted by atomic mass is 31.2. The van der Waals surface area contributed by atoms with E-state index in [2.05, 4.69) is 189 Å². The standard InChI is InChI=1S/C19H18P.C18H15P.2CH4/c1-20(17-11-5-2-6-12-17,18-13-7-3-8-14-18)19-15-9-4-10-16-19;1-4-10-16(11-5-1)19(17-12-6-2-7-13-17)18-14-8-3-9-15-18;;/h2-16H,1H3;1-15H;2*1H4/q+1;;;. The predicted molar refractivity (Wildman–Crippen MR) is 190 cm³/mol. The van der Waals surface area contributed by atoms with Crippen molar-refractivity contribution in [1.82, 2.24) is 0 Å². The molecule has 0 aliphatic rings. The summed E-state index contributed by atoms with van der Waals surface area (Å²) < 4.78 is 0. The van der Waals surface area contributed by atoms with Gasteiger partial charge in [0, 0.05) is 0 Å². The smallest absolute Gasteiger partial charge is 0.0776 e. The second-order valence-electron chi connectivity index (χ2n) is 9.35. The first-order valence-electron chi connectivity index (χ1n) is 13.3. The Kier molecular flexibility index (Phi) is 12.2. The van der Waals surface area contributed by atoms with E-state index in [0.29, 0.717) is 0 Å². The Hall–Kier alpha value is -3.82. The third kappa shape index (κ3) is 7.68. The van der Waals surface area contributed by atoms with Gasteiger partial charge in [-0.2, -0.15) is 0 Å². The fourth-order valence-corrected chi connectivity index (χ4v) is 10.3. The lowest BCUT2D eigenvalue weighted by atomic mass is 10.4. The van der Waals surface area contributed by atoms with Crippen molar-refractivity contribution in [2.24, 2.45) is 0 Å². The molecule has 0 radical (unpaired) electrons. The van der Waals surface area contributed by atoms with Crippen LogP contribution in [0.15, 0.2) is 182 Å². The molecule has 6 rings (SSSR count). The molecule has 0 aromatic heterocycles. The van der Waals surface area contributed by atoms with Crippen LogP contribution < -0.4 is 31.8 Å². The van der Waals surface area contributed by atoms with Crippen molar-refractivity contribution in [1.29, 1.82) is 0 Å². The van der Waals surface area contributed by atoms with Gasteiger partial charge in [-0.3, -0.25) is 0 Å². The molecule has 0 saturated carbocycles. The van der Waals surface area contributed by atoms with E-state index >= 15 is 0 Å². The van der Waals surface area contributed by atoms with Gasteiger partial charge in [0.1, 0.15) is 23.2 Å². The zero-order valence-electron chi connectivity index (χ0n) is 22.2. The Labute approximate surface area is 249 Å². The summed E-state index contributed by atoms with van der Waals surface area (Å²) in [6.07, 6.45) is 0. The molecule has 2 heteroatoms. The summed E-state index contributed by atoms with van der Waals surface area (Å²) in [7, 11) is -1.97. The van der Waals surface area contributed by atoms with E-state index in [4.69, 9.17) is 0 Å².